The summed E-state index contributed by atoms with van der Waals surface area (Å²) in [5, 5.41) is 3.05. The van der Waals surface area contributed by atoms with E-state index in [0.717, 1.165) is 89.9 Å². The molecule has 0 saturated heterocycles. The van der Waals surface area contributed by atoms with Crippen LogP contribution in [0.5, 0.6) is 0 Å². The number of unbranched alkanes of at least 4 members (excludes halogenated alkanes) is 33. The molecule has 10 heteroatoms. The summed E-state index contributed by atoms with van der Waals surface area (Å²) in [7, 11) is 1.49. The number of nitrogens with zero attached hydrogens (tertiary/aromatic N) is 1. The number of phosphoric acid groups is 1. The van der Waals surface area contributed by atoms with Crippen molar-refractivity contribution in [3.63, 3.8) is 0 Å². The van der Waals surface area contributed by atoms with Gasteiger partial charge in [-0.15, -0.1) is 0 Å². The van der Waals surface area contributed by atoms with E-state index in [1.165, 1.54) is 167 Å². The van der Waals surface area contributed by atoms with Gasteiger partial charge in [0.2, 0.25) is 5.91 Å². The Morgan fingerprint density at radius 1 is 0.467 bits per heavy atom. The van der Waals surface area contributed by atoms with Gasteiger partial charge in [0.1, 0.15) is 19.3 Å². The van der Waals surface area contributed by atoms with Crippen LogP contribution in [-0.4, -0.2) is 74.3 Å². The zero-order valence-corrected chi connectivity index (χ0v) is 50.9. The molecule has 0 heterocycles. The maximum atomic E-state index is 13.5. The number of rotatable bonds is 57. The average Bonchev–Trinajstić information content (AvgIpc) is 3.37. The lowest BCUT2D eigenvalue weighted by Gasteiger charge is -2.27. The summed E-state index contributed by atoms with van der Waals surface area (Å²) in [6, 6.07) is -0.853. The number of allylic oxidation sites excluding steroid dienone is 9. The zero-order chi connectivity index (χ0) is 55.0. The van der Waals surface area contributed by atoms with Crippen LogP contribution in [0.25, 0.3) is 0 Å². The summed E-state index contributed by atoms with van der Waals surface area (Å²) < 4.78 is 30.7. The summed E-state index contributed by atoms with van der Waals surface area (Å²) in [5.41, 5.74) is 0. The summed E-state index contributed by atoms with van der Waals surface area (Å²) >= 11 is 0. The summed E-state index contributed by atoms with van der Waals surface area (Å²) in [4.78, 5) is 37.7. The highest BCUT2D eigenvalue weighted by atomic mass is 31.2. The monoisotopic (exact) mass is 1070 g/mol. The third kappa shape index (κ3) is 56.2. The molecule has 0 bridgehead atoms. The number of hydrogen-bond acceptors (Lipinski definition) is 6. The minimum atomic E-state index is -4.45. The van der Waals surface area contributed by atoms with Gasteiger partial charge in [0.15, 0.2) is 0 Å². The molecule has 0 aliphatic heterocycles. The van der Waals surface area contributed by atoms with E-state index in [0.29, 0.717) is 23.9 Å². The fraction of sp³-hybridized carbons (Fsp3) is 0.815. The van der Waals surface area contributed by atoms with Gasteiger partial charge < -0.3 is 19.4 Å². The quantitative estimate of drug-likeness (QED) is 0.0205. The lowest BCUT2D eigenvalue weighted by Crippen LogP contribution is -2.47. The Bertz CT molecular complexity index is 1470. The van der Waals surface area contributed by atoms with E-state index in [4.69, 9.17) is 13.8 Å². The van der Waals surface area contributed by atoms with Crippen LogP contribution in [0.1, 0.15) is 290 Å². The number of likely N-dealkylation sites (N-methyl/N-ethyl adjacent to an activating group) is 1. The molecule has 0 spiro atoms. The number of ether oxygens (including phenoxy) is 1. The van der Waals surface area contributed by atoms with Crippen molar-refractivity contribution in [3.05, 3.63) is 60.8 Å². The maximum Gasteiger partial charge on any atom is 0.472 e. The molecule has 9 nitrogen and oxygen atoms in total. The van der Waals surface area contributed by atoms with E-state index in [-0.39, 0.29) is 25.1 Å². The van der Waals surface area contributed by atoms with Gasteiger partial charge in [-0.25, -0.2) is 4.57 Å². The van der Waals surface area contributed by atoms with Crippen molar-refractivity contribution >= 4 is 19.7 Å². The van der Waals surface area contributed by atoms with Crippen LogP contribution >= 0.6 is 7.82 Å². The molecule has 1 amide bonds. The van der Waals surface area contributed by atoms with E-state index in [9.17, 15) is 19.0 Å². The van der Waals surface area contributed by atoms with E-state index in [1.54, 1.807) is 0 Å². The van der Waals surface area contributed by atoms with Crippen molar-refractivity contribution in [2.24, 2.45) is 0 Å². The predicted molar refractivity (Wildman–Crippen MR) is 323 cm³/mol. The third-order valence-corrected chi connectivity index (χ3v) is 14.9. The normalized spacial score (nSPS) is 14.1. The van der Waals surface area contributed by atoms with Gasteiger partial charge in [0.25, 0.3) is 0 Å². The Morgan fingerprint density at radius 2 is 0.813 bits per heavy atom. The highest BCUT2D eigenvalue weighted by Crippen LogP contribution is 2.43. The van der Waals surface area contributed by atoms with Crippen LogP contribution in [0.3, 0.4) is 0 Å². The molecule has 0 radical (unpaired) electrons. The Morgan fingerprint density at radius 3 is 1.24 bits per heavy atom. The molecule has 3 unspecified atom stereocenters. The Labute approximate surface area is 464 Å². The third-order valence-electron chi connectivity index (χ3n) is 14.0. The van der Waals surface area contributed by atoms with E-state index < -0.39 is 20.0 Å². The smallest absolute Gasteiger partial charge is 0.456 e. The van der Waals surface area contributed by atoms with Gasteiger partial charge in [0, 0.05) is 12.8 Å². The number of hydrogen-bond donors (Lipinski definition) is 2. The first kappa shape index (κ1) is 72.7. The minimum Gasteiger partial charge on any atom is -0.456 e. The van der Waals surface area contributed by atoms with Crippen molar-refractivity contribution in [2.45, 2.75) is 303 Å². The summed E-state index contributed by atoms with van der Waals surface area (Å²) in [6.45, 7) is 6.99. The second-order valence-corrected chi connectivity index (χ2v) is 24.0. The van der Waals surface area contributed by atoms with Crippen molar-refractivity contribution in [1.29, 1.82) is 0 Å². The number of carbonyl (C=O) groups excluding carboxylic acids is 2. The predicted octanol–water partition coefficient (Wildman–Crippen LogP) is 19.4. The zero-order valence-electron chi connectivity index (χ0n) is 50.0. The van der Waals surface area contributed by atoms with Gasteiger partial charge in [-0.2, -0.15) is 0 Å². The fourth-order valence-electron chi connectivity index (χ4n) is 9.04. The second kappa shape index (κ2) is 55.0. The summed E-state index contributed by atoms with van der Waals surface area (Å²) in [6.07, 6.45) is 69.2. The van der Waals surface area contributed by atoms with Gasteiger partial charge in [-0.3, -0.25) is 18.6 Å². The van der Waals surface area contributed by atoms with E-state index >= 15 is 0 Å². The fourth-order valence-corrected chi connectivity index (χ4v) is 9.78. The molecule has 0 saturated carbocycles. The molecular formula is C65H122N2O7P+. The van der Waals surface area contributed by atoms with Gasteiger partial charge in [0.05, 0.1) is 33.8 Å². The number of quaternary nitrogens is 1. The van der Waals surface area contributed by atoms with Crippen molar-refractivity contribution < 1.29 is 37.3 Å². The molecule has 0 aromatic rings. The Balaban J connectivity index is 5.21. The van der Waals surface area contributed by atoms with Crippen LogP contribution in [0, 0.1) is 0 Å². The van der Waals surface area contributed by atoms with Crippen LogP contribution < -0.4 is 5.32 Å². The second-order valence-electron chi connectivity index (χ2n) is 22.6. The van der Waals surface area contributed by atoms with Crippen LogP contribution in [-0.2, 0) is 27.9 Å². The van der Waals surface area contributed by atoms with E-state index in [2.05, 4.69) is 74.7 Å². The number of phosphoric ester groups is 1. The first-order valence-electron chi connectivity index (χ1n) is 31.6. The molecule has 0 aliphatic rings. The van der Waals surface area contributed by atoms with Gasteiger partial charge >= 0.3 is 13.8 Å². The Hall–Kier alpha value is -2.29. The Kier molecular flexibility index (Phi) is 53.4. The van der Waals surface area contributed by atoms with Crippen LogP contribution in [0.4, 0.5) is 0 Å². The molecular weight excluding hydrogens is 952 g/mol. The average molecular weight is 1070 g/mol. The van der Waals surface area contributed by atoms with Gasteiger partial charge in [-0.05, 0) is 76.7 Å². The molecule has 0 rings (SSSR count). The molecule has 0 fully saturated rings. The molecule has 0 aliphatic carbocycles. The molecule has 3 atom stereocenters. The lowest BCUT2D eigenvalue weighted by atomic mass is 10.0. The van der Waals surface area contributed by atoms with Crippen molar-refractivity contribution in [2.75, 3.05) is 40.9 Å². The number of esters is 1. The SMILES string of the molecule is CCCCC/C=C\C/C=C\C/C=C\C/C=C\CCCCCCCCCC(=O)NC(COP(=O)(O)OCC[N+](C)(C)C)C(/C=C\CCCCCCCCCCCC)OC(=O)CCCCCCCCCCCCCCCC. The first-order valence-corrected chi connectivity index (χ1v) is 33.1. The van der Waals surface area contributed by atoms with Crippen molar-refractivity contribution in [3.8, 4) is 0 Å². The lowest BCUT2D eigenvalue weighted by molar-refractivity contribution is -0.870. The topological polar surface area (TPSA) is 111 Å². The van der Waals surface area contributed by atoms with Crippen LogP contribution in [0.2, 0.25) is 0 Å². The minimum absolute atomic E-state index is 0.0378. The number of nitrogens with one attached hydrogen (secondary N) is 1. The van der Waals surface area contributed by atoms with E-state index in [1.807, 2.05) is 33.3 Å². The number of carbonyl (C=O) groups is 2. The molecule has 2 N–H and O–H groups in total. The largest absolute Gasteiger partial charge is 0.472 e. The summed E-state index contributed by atoms with van der Waals surface area (Å²) in [5.74, 6) is -0.509. The molecule has 438 valence electrons. The first-order chi connectivity index (χ1) is 36.4. The highest BCUT2D eigenvalue weighted by molar-refractivity contribution is 7.47. The molecule has 75 heavy (non-hydrogen) atoms. The number of amides is 1. The van der Waals surface area contributed by atoms with Gasteiger partial charge in [-0.1, -0.05) is 262 Å². The molecule has 0 aromatic heterocycles. The highest BCUT2D eigenvalue weighted by Gasteiger charge is 2.30. The maximum absolute atomic E-state index is 13.5. The van der Waals surface area contributed by atoms with Crippen molar-refractivity contribution in [1.82, 2.24) is 5.32 Å². The molecule has 0 aromatic carbocycles. The standard InChI is InChI=1S/C65H121N2O7P/c1-7-10-13-16-19-22-25-28-30-31-32-33-34-35-36-37-38-39-42-45-48-51-54-57-64(68)66-62(61-73-75(70,71)72-60-59-67(4,5)6)63(56-53-50-47-44-41-27-24-21-18-15-12-9-3)74-65(69)58-55-52-49-46-43-40-29-26-23-20-17-14-11-8-2/h19,22,28,30,32-33,35-36,53,56,62-63H,7-18,20-21,23-27,29,31,34,37-52,54-55,57-61H2,1-6H3,(H-,66,68,70,71)/p+1/b22-19-,30-28-,33-32-,36-35-,56-53-. The van der Waals surface area contributed by atoms with Crippen LogP contribution in [0.15, 0.2) is 60.8 Å².